The Labute approximate surface area is 199 Å². The summed E-state index contributed by atoms with van der Waals surface area (Å²) in [6.45, 7) is 1.77. The van der Waals surface area contributed by atoms with Gasteiger partial charge in [0.1, 0.15) is 33.2 Å². The van der Waals surface area contributed by atoms with Gasteiger partial charge in [0.15, 0.2) is 0 Å². The van der Waals surface area contributed by atoms with Gasteiger partial charge in [-0.15, -0.1) is 22.0 Å². The fraction of sp³-hybridized carbons (Fsp3) is 0.400. The Morgan fingerprint density at radius 1 is 1.41 bits per heavy atom. The summed E-state index contributed by atoms with van der Waals surface area (Å²) < 4.78 is 0. The number of carboxylic acids is 1. The van der Waals surface area contributed by atoms with Gasteiger partial charge in [-0.3, -0.25) is 24.9 Å². The maximum atomic E-state index is 12.6. The van der Waals surface area contributed by atoms with Crippen molar-refractivity contribution in [3.05, 3.63) is 15.7 Å². The zero-order valence-electron chi connectivity index (χ0n) is 14.4. The first-order valence-corrected chi connectivity index (χ1v) is 10.9. The Kier molecular flexibility index (Phi) is 6.85. The molecule has 0 radical (unpaired) electrons. The molecule has 10 nitrogen and oxygen atoms in total. The molecule has 4 rings (SSSR count). The molecular formula is C15H15N6NaO4S3. The predicted octanol–water partition coefficient (Wildman–Crippen LogP) is -0.0953. The molecule has 1 fully saturated rings. The molecule has 4 heterocycles. The second-order valence-electron chi connectivity index (χ2n) is 6.17. The average molecular weight is 463 g/mol. The number of nitrogens with one attached hydrogen (secondary N) is 2. The molecule has 0 aromatic carbocycles. The fourth-order valence-electron chi connectivity index (χ4n) is 3.06. The van der Waals surface area contributed by atoms with Gasteiger partial charge in [-0.25, -0.2) is 4.79 Å². The summed E-state index contributed by atoms with van der Waals surface area (Å²) in [4.78, 5) is 42.0. The van der Waals surface area contributed by atoms with E-state index in [2.05, 4.69) is 20.5 Å². The van der Waals surface area contributed by atoms with Crippen LogP contribution in [-0.4, -0.2) is 101 Å². The third kappa shape index (κ3) is 4.16. The molecule has 0 bridgehead atoms. The van der Waals surface area contributed by atoms with Gasteiger partial charge >= 0.3 is 35.5 Å². The number of nitrogens with zero attached hydrogens (tertiary/aromatic N) is 4. The van der Waals surface area contributed by atoms with E-state index in [-0.39, 0.29) is 52.6 Å². The van der Waals surface area contributed by atoms with Crippen LogP contribution in [0.15, 0.2) is 10.7 Å². The van der Waals surface area contributed by atoms with Crippen molar-refractivity contribution in [1.82, 2.24) is 20.4 Å². The van der Waals surface area contributed by atoms with Crippen LogP contribution < -0.4 is 5.32 Å². The second-order valence-corrected chi connectivity index (χ2v) is 9.34. The SMILES string of the molecule is Cc1nnc(C2=C(C(=O)O)N3C(=O)C(NC(=O)CC4N=CSC4=N)[C@H]3SC2)s1.[NaH]. The van der Waals surface area contributed by atoms with Crippen LogP contribution in [0.5, 0.6) is 0 Å². The molecule has 2 unspecified atom stereocenters. The van der Waals surface area contributed by atoms with Crippen molar-refractivity contribution in [3.8, 4) is 0 Å². The molecule has 1 aromatic rings. The molecule has 3 atom stereocenters. The standard InChI is InChI=1S/C15H14N6O4S3.Na.H/c1-5-19-20-12(28-5)6-3-26-14-9(13(23)21(14)10(6)15(24)25)18-8(22)2-7-11(16)27-4-17-7;;/h4,7,9,14,16H,2-3H2,1H3,(H,18,22)(H,24,25);;/t7?,9?,14-;;/m1../s1. The Hall–Kier alpha value is -1.25. The molecular weight excluding hydrogens is 447 g/mol. The number of amides is 2. The number of carbonyl (C=O) groups is 3. The molecule has 3 aliphatic heterocycles. The predicted molar refractivity (Wildman–Crippen MR) is 114 cm³/mol. The molecule has 0 saturated carbocycles. The Bertz CT molecular complexity index is 964. The van der Waals surface area contributed by atoms with Crippen LogP contribution in [0.4, 0.5) is 0 Å². The van der Waals surface area contributed by atoms with Gasteiger partial charge in [0.25, 0.3) is 5.91 Å². The zero-order chi connectivity index (χ0) is 20.0. The van der Waals surface area contributed by atoms with Gasteiger partial charge in [0.05, 0.1) is 17.0 Å². The monoisotopic (exact) mass is 462 g/mol. The van der Waals surface area contributed by atoms with Crippen LogP contribution in [0, 0.1) is 12.3 Å². The number of hydrogen-bond acceptors (Lipinski definition) is 10. The van der Waals surface area contributed by atoms with Crippen LogP contribution in [0.3, 0.4) is 0 Å². The summed E-state index contributed by atoms with van der Waals surface area (Å²) in [5, 5.41) is 28.9. The summed E-state index contributed by atoms with van der Waals surface area (Å²) in [5.74, 6) is -1.72. The number of aryl methyl sites for hydroxylation is 1. The molecule has 3 N–H and O–H groups in total. The molecule has 1 saturated heterocycles. The minimum atomic E-state index is -1.21. The topological polar surface area (TPSA) is 149 Å². The Morgan fingerprint density at radius 3 is 2.76 bits per heavy atom. The normalized spacial score (nSPS) is 25.4. The Balaban J connectivity index is 0.00000240. The summed E-state index contributed by atoms with van der Waals surface area (Å²) >= 11 is 3.81. The molecule has 29 heavy (non-hydrogen) atoms. The fourth-order valence-corrected chi connectivity index (χ4v) is 5.86. The van der Waals surface area contributed by atoms with Crippen molar-refractivity contribution in [3.63, 3.8) is 0 Å². The molecule has 14 heteroatoms. The number of carboxylic acid groups (broad SMARTS) is 1. The minimum absolute atomic E-state index is 0. The third-order valence-electron chi connectivity index (χ3n) is 4.37. The number of aromatic nitrogens is 2. The summed E-state index contributed by atoms with van der Waals surface area (Å²) in [7, 11) is 0. The van der Waals surface area contributed by atoms with E-state index in [0.29, 0.717) is 21.3 Å². The van der Waals surface area contributed by atoms with Crippen LogP contribution in [-0.2, 0) is 14.4 Å². The van der Waals surface area contributed by atoms with Gasteiger partial charge in [-0.05, 0) is 6.92 Å². The summed E-state index contributed by atoms with van der Waals surface area (Å²) in [6.07, 6.45) is -0.0135. The second kappa shape index (κ2) is 8.86. The summed E-state index contributed by atoms with van der Waals surface area (Å²) in [6, 6.07) is -1.31. The number of aliphatic carboxylic acids is 1. The Morgan fingerprint density at radius 2 is 2.17 bits per heavy atom. The van der Waals surface area contributed by atoms with E-state index in [1.807, 2.05) is 0 Å². The molecule has 2 amide bonds. The first-order valence-electron chi connectivity index (χ1n) is 8.14. The zero-order valence-corrected chi connectivity index (χ0v) is 16.9. The molecule has 3 aliphatic rings. The number of hydrogen-bond donors (Lipinski definition) is 3. The third-order valence-corrected chi connectivity index (χ3v) is 7.30. The molecule has 1 aromatic heterocycles. The maximum absolute atomic E-state index is 12.6. The van der Waals surface area contributed by atoms with E-state index >= 15 is 0 Å². The van der Waals surface area contributed by atoms with Crippen molar-refractivity contribution >= 4 is 98.4 Å². The van der Waals surface area contributed by atoms with Crippen LogP contribution in [0.25, 0.3) is 5.57 Å². The van der Waals surface area contributed by atoms with Crippen molar-refractivity contribution < 1.29 is 19.5 Å². The first kappa shape index (κ1) is 22.4. The number of fused-ring (bicyclic) bond motifs is 1. The van der Waals surface area contributed by atoms with E-state index in [9.17, 15) is 19.5 Å². The van der Waals surface area contributed by atoms with Crippen LogP contribution in [0.2, 0.25) is 0 Å². The quantitative estimate of drug-likeness (QED) is 0.406. The molecule has 148 valence electrons. The van der Waals surface area contributed by atoms with Gasteiger partial charge in [0.2, 0.25) is 5.91 Å². The molecule has 0 spiro atoms. The van der Waals surface area contributed by atoms with E-state index in [1.54, 1.807) is 6.92 Å². The number of aliphatic imine (C=N–C) groups is 1. The number of β-lactam (4-membered cyclic amide) rings is 1. The van der Waals surface area contributed by atoms with E-state index < -0.39 is 29.3 Å². The molecule has 0 aliphatic carbocycles. The van der Waals surface area contributed by atoms with Crippen LogP contribution in [0.1, 0.15) is 16.4 Å². The number of thioether (sulfide) groups is 2. The van der Waals surface area contributed by atoms with Crippen molar-refractivity contribution in [2.75, 3.05) is 5.75 Å². The van der Waals surface area contributed by atoms with Gasteiger partial charge in [-0.1, -0.05) is 23.1 Å². The number of rotatable bonds is 5. The van der Waals surface area contributed by atoms with Gasteiger partial charge in [-0.2, -0.15) is 0 Å². The summed E-state index contributed by atoms with van der Waals surface area (Å²) in [5.41, 5.74) is 1.88. The van der Waals surface area contributed by atoms with E-state index in [0.717, 1.165) is 11.8 Å². The first-order chi connectivity index (χ1) is 13.4. The van der Waals surface area contributed by atoms with E-state index in [4.69, 9.17) is 5.41 Å². The van der Waals surface area contributed by atoms with Crippen molar-refractivity contribution in [2.45, 2.75) is 30.8 Å². The average Bonchev–Trinajstić information content (AvgIpc) is 3.26. The van der Waals surface area contributed by atoms with E-state index in [1.165, 1.54) is 33.5 Å². The van der Waals surface area contributed by atoms with Crippen molar-refractivity contribution in [1.29, 1.82) is 5.41 Å². The van der Waals surface area contributed by atoms with Crippen LogP contribution >= 0.6 is 34.9 Å². The van der Waals surface area contributed by atoms with Crippen molar-refractivity contribution in [2.24, 2.45) is 4.99 Å². The van der Waals surface area contributed by atoms with Gasteiger partial charge in [0, 0.05) is 11.3 Å². The number of carbonyl (C=O) groups excluding carboxylic acids is 2. The van der Waals surface area contributed by atoms with Gasteiger partial charge < -0.3 is 10.4 Å².